The van der Waals surface area contributed by atoms with Crippen LogP contribution < -0.4 is 27.7 Å². The van der Waals surface area contributed by atoms with Crippen LogP contribution in [0.1, 0.15) is 20.8 Å². The first kappa shape index (κ1) is 19.9. The second-order valence-corrected chi connectivity index (χ2v) is 8.66. The van der Waals surface area contributed by atoms with Gasteiger partial charge >= 0.3 is 160 Å². The molecule has 4 rings (SSSR count). The summed E-state index contributed by atoms with van der Waals surface area (Å²) in [6, 6.07) is 17.7. The summed E-state index contributed by atoms with van der Waals surface area (Å²) < 4.78 is 5.15. The zero-order chi connectivity index (χ0) is 18.1. The van der Waals surface area contributed by atoms with Gasteiger partial charge in [0.2, 0.25) is 0 Å². The molecular formula is C22H24ClN3Se. The van der Waals surface area contributed by atoms with Crippen molar-refractivity contribution in [1.29, 1.82) is 0 Å². The van der Waals surface area contributed by atoms with Crippen molar-refractivity contribution >= 4 is 40.7 Å². The number of nitrogens with zero attached hydrogens (tertiary/aromatic N) is 2. The second kappa shape index (κ2) is 8.43. The van der Waals surface area contributed by atoms with Crippen LogP contribution in [0, 0.1) is 0 Å². The van der Waals surface area contributed by atoms with Crippen LogP contribution in [-0.4, -0.2) is 39.1 Å². The minimum Gasteiger partial charge on any atom is -1.00 e. The maximum absolute atomic E-state index is 5.06. The van der Waals surface area contributed by atoms with E-state index in [1.807, 2.05) is 0 Å². The molecule has 2 aliphatic rings. The van der Waals surface area contributed by atoms with Gasteiger partial charge < -0.3 is 12.4 Å². The normalized spacial score (nSPS) is 10.9. The van der Waals surface area contributed by atoms with E-state index >= 15 is 0 Å². The van der Waals surface area contributed by atoms with Gasteiger partial charge in [-0.15, -0.1) is 0 Å². The van der Waals surface area contributed by atoms with E-state index in [0.717, 1.165) is 30.8 Å². The van der Waals surface area contributed by atoms with Crippen LogP contribution in [0.2, 0.25) is 0 Å². The molecule has 1 heterocycles. The number of aromatic nitrogens is 1. The number of nitrogens with one attached hydrogen (secondary N) is 1. The molecule has 0 fully saturated rings. The van der Waals surface area contributed by atoms with Crippen molar-refractivity contribution in [1.82, 2.24) is 9.56 Å². The molecule has 0 aromatic heterocycles. The van der Waals surface area contributed by atoms with Crippen molar-refractivity contribution in [3.05, 3.63) is 53.9 Å². The zero-order valence-electron chi connectivity index (χ0n) is 15.9. The first-order valence-corrected chi connectivity index (χ1v) is 11.0. The van der Waals surface area contributed by atoms with Gasteiger partial charge in [-0.05, 0) is 0 Å². The Labute approximate surface area is 172 Å². The summed E-state index contributed by atoms with van der Waals surface area (Å²) in [5.41, 5.74) is 3.52. The van der Waals surface area contributed by atoms with E-state index in [1.54, 1.807) is 0 Å². The van der Waals surface area contributed by atoms with Gasteiger partial charge in [-0.1, -0.05) is 0 Å². The Bertz CT molecular complexity index is 1130. The predicted octanol–water partition coefficient (Wildman–Crippen LogP) is 0.798. The van der Waals surface area contributed by atoms with Crippen LogP contribution in [0.4, 0.5) is 5.69 Å². The molecule has 1 aliphatic carbocycles. The van der Waals surface area contributed by atoms with Gasteiger partial charge in [-0.3, -0.25) is 0 Å². The van der Waals surface area contributed by atoms with Gasteiger partial charge in [0, 0.05) is 0 Å². The summed E-state index contributed by atoms with van der Waals surface area (Å²) in [4.78, 5) is 5.06. The molecule has 3 nitrogen and oxygen atoms in total. The third-order valence-electron chi connectivity index (χ3n) is 4.87. The standard InChI is InChI=1S/C22H23N3Se.ClH/c1-4-23-19-14-21-22(17-10-8-7-9-16(17)19)24-18-12-11-15(13-20(18)26-21)25(5-2)6-3;/h7-14H,4-6H2,1-3H3;1H. The first-order chi connectivity index (χ1) is 12.7. The van der Waals surface area contributed by atoms with Gasteiger partial charge in [-0.2, -0.15) is 0 Å². The molecule has 0 unspecified atom stereocenters. The van der Waals surface area contributed by atoms with Crippen LogP contribution in [-0.2, 0) is 0 Å². The Morgan fingerprint density at radius 3 is 2.41 bits per heavy atom. The number of fused-ring (bicyclic) bond motifs is 4. The van der Waals surface area contributed by atoms with E-state index in [4.69, 9.17) is 4.98 Å². The Morgan fingerprint density at radius 1 is 0.963 bits per heavy atom. The number of hydrogen-bond donors (Lipinski definition) is 1. The molecule has 0 saturated carbocycles. The van der Waals surface area contributed by atoms with Crippen molar-refractivity contribution < 1.29 is 12.4 Å². The molecule has 2 aromatic carbocycles. The Balaban J connectivity index is 0.00000210. The van der Waals surface area contributed by atoms with Gasteiger partial charge in [0.15, 0.2) is 0 Å². The van der Waals surface area contributed by atoms with Crippen molar-refractivity contribution in [2.45, 2.75) is 20.8 Å². The molecule has 27 heavy (non-hydrogen) atoms. The quantitative estimate of drug-likeness (QED) is 0.218. The summed E-state index contributed by atoms with van der Waals surface area (Å²) in [6.07, 6.45) is 0. The van der Waals surface area contributed by atoms with Gasteiger partial charge in [-0.25, -0.2) is 0 Å². The second-order valence-electron chi connectivity index (χ2n) is 6.38. The molecule has 0 bridgehead atoms. The fraction of sp³-hybridized carbons (Fsp3) is 0.273. The van der Waals surface area contributed by atoms with Crippen LogP contribution in [0.15, 0.2) is 48.5 Å². The average Bonchev–Trinajstić information content (AvgIpc) is 2.68. The van der Waals surface area contributed by atoms with Gasteiger partial charge in [0.25, 0.3) is 0 Å². The van der Waals surface area contributed by atoms with Crippen LogP contribution >= 0.6 is 0 Å². The first-order valence-electron chi connectivity index (χ1n) is 9.33. The molecule has 1 aliphatic heterocycles. The molecule has 2 aromatic rings. The fourth-order valence-electron chi connectivity index (χ4n) is 3.57. The number of anilines is 1. The average molecular weight is 445 g/mol. The van der Waals surface area contributed by atoms with E-state index in [0.29, 0.717) is 0 Å². The minimum absolute atomic E-state index is 0. The van der Waals surface area contributed by atoms with Crippen molar-refractivity contribution in [2.24, 2.45) is 0 Å². The molecule has 140 valence electrons. The smallest absolute Gasteiger partial charge is 1.00 e. The number of rotatable bonds is 4. The molecule has 0 atom stereocenters. The number of halogens is 1. The van der Waals surface area contributed by atoms with E-state index < -0.39 is 0 Å². The summed E-state index contributed by atoms with van der Waals surface area (Å²) in [5.74, 6) is 0. The van der Waals surface area contributed by atoms with E-state index in [1.165, 1.54) is 30.5 Å². The molecule has 0 amide bonds. The molecule has 0 radical (unpaired) electrons. The SMILES string of the molecule is CCNc1cc2[se]c3cc(=[N+](CC)CC)ccc-3nc2c2ccccc12.[Cl-]. The maximum atomic E-state index is 5.06. The molecule has 0 spiro atoms. The Kier molecular flexibility index (Phi) is 6.21. The summed E-state index contributed by atoms with van der Waals surface area (Å²) in [5, 5.41) is 7.35. The van der Waals surface area contributed by atoms with Crippen LogP contribution in [0.3, 0.4) is 0 Å². The van der Waals surface area contributed by atoms with Crippen molar-refractivity contribution in [2.75, 3.05) is 25.0 Å². The summed E-state index contributed by atoms with van der Waals surface area (Å²) in [7, 11) is 0. The molecule has 0 saturated heterocycles. The molecule has 5 heteroatoms. The third-order valence-corrected chi connectivity index (χ3v) is 7.13. The fourth-order valence-corrected chi connectivity index (χ4v) is 5.80. The van der Waals surface area contributed by atoms with Crippen LogP contribution in [0.25, 0.3) is 30.7 Å². The molecular weight excluding hydrogens is 421 g/mol. The minimum atomic E-state index is 0. The number of hydrogen-bond acceptors (Lipinski definition) is 2. The van der Waals surface area contributed by atoms with Crippen molar-refractivity contribution in [3.8, 4) is 10.1 Å². The summed E-state index contributed by atoms with van der Waals surface area (Å²) in [6.45, 7) is 9.56. The van der Waals surface area contributed by atoms with E-state index in [-0.39, 0.29) is 26.9 Å². The van der Waals surface area contributed by atoms with Gasteiger partial charge in [0.05, 0.1) is 0 Å². The zero-order valence-corrected chi connectivity index (χ0v) is 18.4. The third kappa shape index (κ3) is 3.62. The largest absolute Gasteiger partial charge is 1.00 e. The van der Waals surface area contributed by atoms with Gasteiger partial charge in [0.1, 0.15) is 0 Å². The Hall–Kier alpha value is -1.87. The monoisotopic (exact) mass is 445 g/mol. The van der Waals surface area contributed by atoms with E-state index in [2.05, 4.69) is 79.2 Å². The van der Waals surface area contributed by atoms with E-state index in [9.17, 15) is 0 Å². The summed E-state index contributed by atoms with van der Waals surface area (Å²) >= 11 is 0.268. The number of benzene rings is 3. The molecule has 1 N–H and O–H groups in total. The topological polar surface area (TPSA) is 27.9 Å². The maximum Gasteiger partial charge on any atom is -1.00 e. The predicted molar refractivity (Wildman–Crippen MR) is 113 cm³/mol. The van der Waals surface area contributed by atoms with Crippen molar-refractivity contribution in [3.63, 3.8) is 0 Å². The van der Waals surface area contributed by atoms with Crippen LogP contribution in [0.5, 0.6) is 0 Å². The Morgan fingerprint density at radius 2 is 1.70 bits per heavy atom.